The molecule has 2 N–H and O–H groups in total. The fourth-order valence-electron chi connectivity index (χ4n) is 10.8. The number of sulfonamides is 1. The van der Waals surface area contributed by atoms with Crippen LogP contribution in [0, 0.1) is 11.3 Å². The van der Waals surface area contributed by atoms with Crippen molar-refractivity contribution in [1.29, 1.82) is 5.26 Å². The molecule has 10 rings (SSSR count). The lowest BCUT2D eigenvalue weighted by Gasteiger charge is -2.42. The molecule has 3 atom stereocenters. The first-order valence-electron chi connectivity index (χ1n) is 26.3. The number of benzene rings is 3. The topological polar surface area (TPSA) is 185 Å². The van der Waals surface area contributed by atoms with Gasteiger partial charge in [-0.2, -0.15) is 29.5 Å². The Hall–Kier alpha value is -6.88. The van der Waals surface area contributed by atoms with E-state index < -0.39 is 16.1 Å². The molecule has 2 fully saturated rings. The zero-order valence-electron chi connectivity index (χ0n) is 43.7. The smallest absolute Gasteiger partial charge is 0.318 e. The van der Waals surface area contributed by atoms with Gasteiger partial charge in [-0.1, -0.05) is 79.7 Å². The number of anilines is 4. The van der Waals surface area contributed by atoms with E-state index in [4.69, 9.17) is 36.3 Å². The molecular weight excluding hydrogens is 998 g/mol. The number of rotatable bonds is 19. The van der Waals surface area contributed by atoms with Gasteiger partial charge >= 0.3 is 6.01 Å². The predicted molar refractivity (Wildman–Crippen MR) is 301 cm³/mol. The molecule has 7 aromatic rings. The van der Waals surface area contributed by atoms with E-state index in [0.29, 0.717) is 67.3 Å². The molecule has 396 valence electrons. The Morgan fingerprint density at radius 2 is 1.79 bits per heavy atom. The lowest BCUT2D eigenvalue weighted by Crippen LogP contribution is -2.56. The summed E-state index contributed by atoms with van der Waals surface area (Å²) in [7, 11) is -2.14. The molecule has 0 aliphatic carbocycles. The van der Waals surface area contributed by atoms with Gasteiger partial charge in [0.25, 0.3) is 0 Å². The van der Waals surface area contributed by atoms with Gasteiger partial charge in [0.05, 0.1) is 71.0 Å². The summed E-state index contributed by atoms with van der Waals surface area (Å²) < 4.78 is 40.4. The molecule has 3 aliphatic heterocycles. The van der Waals surface area contributed by atoms with Crippen molar-refractivity contribution >= 4 is 66.7 Å². The highest BCUT2D eigenvalue weighted by Gasteiger charge is 2.39. The number of piperazine rings is 1. The molecule has 76 heavy (non-hydrogen) atoms. The van der Waals surface area contributed by atoms with E-state index in [0.717, 1.165) is 69.3 Å². The summed E-state index contributed by atoms with van der Waals surface area (Å²) >= 11 is 6.84. The van der Waals surface area contributed by atoms with Crippen LogP contribution in [0.15, 0.2) is 109 Å². The predicted octanol–water partition coefficient (Wildman–Crippen LogP) is 8.84. The van der Waals surface area contributed by atoms with Crippen LogP contribution in [0.4, 0.5) is 23.3 Å². The number of aromatic nitrogens is 6. The highest BCUT2D eigenvalue weighted by Crippen LogP contribution is 2.39. The largest absolute Gasteiger partial charge is 0.462 e. The van der Waals surface area contributed by atoms with Crippen molar-refractivity contribution in [2.45, 2.75) is 90.1 Å². The Labute approximate surface area is 450 Å². The maximum absolute atomic E-state index is 15.2. The molecule has 0 unspecified atom stereocenters. The van der Waals surface area contributed by atoms with Crippen LogP contribution in [0.25, 0.3) is 33.1 Å². The van der Waals surface area contributed by atoms with Crippen molar-refractivity contribution in [1.82, 2.24) is 38.7 Å². The van der Waals surface area contributed by atoms with Crippen LogP contribution in [0.1, 0.15) is 69.3 Å². The molecule has 0 amide bonds. The number of nitrogens with zero attached hydrogens (tertiary/aromatic N) is 12. The van der Waals surface area contributed by atoms with E-state index in [1.807, 2.05) is 78.7 Å². The summed E-state index contributed by atoms with van der Waals surface area (Å²) in [5.41, 5.74) is 6.20. The number of fused-ring (bicyclic) bond motifs is 3. The Morgan fingerprint density at radius 1 is 0.974 bits per heavy atom. The van der Waals surface area contributed by atoms with Crippen LogP contribution in [0.5, 0.6) is 6.01 Å². The van der Waals surface area contributed by atoms with E-state index in [1.165, 1.54) is 4.31 Å². The van der Waals surface area contributed by atoms with Gasteiger partial charge in [-0.15, -0.1) is 0 Å². The molecule has 0 radical (unpaired) electrons. The van der Waals surface area contributed by atoms with Gasteiger partial charge in [-0.25, -0.2) is 8.42 Å². The number of nitrogens with one attached hydrogen (secondary N) is 1. The normalized spacial score (nSPS) is 17.8. The zero-order chi connectivity index (χ0) is 53.1. The number of pyridine rings is 1. The van der Waals surface area contributed by atoms with Crippen LogP contribution < -0.4 is 24.8 Å². The number of aliphatic hydroxyl groups is 1. The van der Waals surface area contributed by atoms with E-state index in [9.17, 15) is 10.4 Å². The van der Waals surface area contributed by atoms with E-state index in [1.54, 1.807) is 6.20 Å². The zero-order valence-corrected chi connectivity index (χ0v) is 45.3. The molecule has 0 spiro atoms. The first kappa shape index (κ1) is 52.6. The third kappa shape index (κ3) is 10.9. The summed E-state index contributed by atoms with van der Waals surface area (Å²) in [6, 6.07) is 29.8. The molecule has 4 aromatic heterocycles. The number of halogens is 1. The maximum atomic E-state index is 15.2. The molecule has 2 saturated heterocycles. The van der Waals surface area contributed by atoms with Gasteiger partial charge in [0.15, 0.2) is 0 Å². The van der Waals surface area contributed by atoms with E-state index in [-0.39, 0.29) is 68.2 Å². The van der Waals surface area contributed by atoms with Gasteiger partial charge in [0, 0.05) is 79.4 Å². The van der Waals surface area contributed by atoms with Crippen LogP contribution >= 0.6 is 11.6 Å². The number of hydrogen-bond donors (Lipinski definition) is 2. The van der Waals surface area contributed by atoms with Gasteiger partial charge in [0.1, 0.15) is 23.9 Å². The molecule has 0 bridgehead atoms. The van der Waals surface area contributed by atoms with E-state index in [2.05, 4.69) is 87.4 Å². The fraction of sp³-hybridized carbons (Fsp3) is 0.404. The summed E-state index contributed by atoms with van der Waals surface area (Å²) in [5.74, 6) is 1.53. The number of likely N-dealkylation sites (N-methyl/N-ethyl adjacent to an activating group) is 1. The van der Waals surface area contributed by atoms with Crippen LogP contribution in [-0.4, -0.2) is 130 Å². The highest BCUT2D eigenvalue weighted by molar-refractivity contribution is 7.93. The first-order chi connectivity index (χ1) is 36.8. The number of ether oxygens (including phenoxy) is 1. The summed E-state index contributed by atoms with van der Waals surface area (Å²) in [5, 5.41) is 27.3. The second-order valence-corrected chi connectivity index (χ2v) is 22.8. The average molecular weight is 1060 g/mol. The number of aliphatic hydroxyl groups excluding tert-OH is 1. The van der Waals surface area contributed by atoms with Gasteiger partial charge < -0.3 is 39.3 Å². The van der Waals surface area contributed by atoms with Crippen molar-refractivity contribution in [3.8, 4) is 23.3 Å². The van der Waals surface area contributed by atoms with Gasteiger partial charge in [-0.3, -0.25) is 4.98 Å². The standard InChI is InChI=1S/C57H66ClN13O4S/c1-6-43(36-72)61-56-63-54(47-24-29-70(38(2)3)55(47)64-56)69(33-40-18-20-41(21-19-40)49-16-7-8-26-60-49)32-39(4)76(73,74)71-31-30-68(34-44(71)22-25-59)53-46-23-28-67(51-17-10-13-42-12-9-15-48(58)52(42)51)35-50(46)62-57(65-53)75-37-45-14-11-27-66(45)5/h7-10,12-13,15-21,24,26,29,38,43-45,72H,4,6,11,14,22-23,27-28,30-37H2,1-3,5H3,(H,61,63,64)/t43-,44+,45+/m1/s1. The first-order valence-corrected chi connectivity index (χ1v) is 28.1. The lowest BCUT2D eigenvalue weighted by molar-refractivity contribution is 0.187. The number of likely N-dealkylation sites (tertiary alicyclic amines) is 1. The third-order valence-electron chi connectivity index (χ3n) is 15.1. The maximum Gasteiger partial charge on any atom is 0.318 e. The number of nitriles is 1. The molecule has 17 nitrogen and oxygen atoms in total. The summed E-state index contributed by atoms with van der Waals surface area (Å²) in [4.78, 5) is 33.3. The lowest BCUT2D eigenvalue weighted by atomic mass is 10.0. The van der Waals surface area contributed by atoms with Crippen molar-refractivity contribution in [3.05, 3.63) is 131 Å². The van der Waals surface area contributed by atoms with Crippen molar-refractivity contribution in [3.63, 3.8) is 0 Å². The van der Waals surface area contributed by atoms with E-state index >= 15 is 8.42 Å². The SMILES string of the molecule is C=C(CN(Cc1ccc(-c2ccccn2)cc1)c1nc(N[C@H](CC)CO)nc2c1ccn2C(C)C)S(=O)(=O)N1CCN(c2nc(OC[C@@H]3CCCN3C)nc3c2CCN(c2cccc4cccc(Cl)c24)C3)C[C@@H]1CC#N. The van der Waals surface area contributed by atoms with Crippen molar-refractivity contribution in [2.24, 2.45) is 0 Å². The molecular formula is C57H66ClN13O4S. The van der Waals surface area contributed by atoms with Gasteiger partial charge in [-0.05, 0) is 94.4 Å². The molecule has 3 aliphatic rings. The third-order valence-corrected chi connectivity index (χ3v) is 17.4. The van der Waals surface area contributed by atoms with Crippen molar-refractivity contribution < 1.29 is 18.3 Å². The quantitative estimate of drug-likeness (QED) is 0.0782. The molecule has 7 heterocycles. The second kappa shape index (κ2) is 22.8. The average Bonchev–Trinajstić information content (AvgIpc) is 4.09. The summed E-state index contributed by atoms with van der Waals surface area (Å²) in [6.07, 6.45) is 7.06. The summed E-state index contributed by atoms with van der Waals surface area (Å²) in [6.45, 7) is 13.7. The minimum absolute atomic E-state index is 0.0408. The fourth-order valence-corrected chi connectivity index (χ4v) is 12.6. The Morgan fingerprint density at radius 3 is 2.51 bits per heavy atom. The Kier molecular flexibility index (Phi) is 15.7. The Bertz CT molecular complexity index is 3360. The second-order valence-electron chi connectivity index (χ2n) is 20.4. The molecule has 0 saturated carbocycles. The minimum atomic E-state index is -4.25. The highest BCUT2D eigenvalue weighted by atomic mass is 35.5. The van der Waals surface area contributed by atoms with Crippen molar-refractivity contribution in [2.75, 3.05) is 79.5 Å². The molecule has 3 aromatic carbocycles. The molecule has 19 heteroatoms. The number of hydrogen-bond acceptors (Lipinski definition) is 15. The monoisotopic (exact) mass is 1060 g/mol. The van der Waals surface area contributed by atoms with Crippen LogP contribution in [0.3, 0.4) is 0 Å². The van der Waals surface area contributed by atoms with Crippen LogP contribution in [-0.2, 0) is 29.5 Å². The van der Waals surface area contributed by atoms with Gasteiger partial charge in [0.2, 0.25) is 16.0 Å². The Balaban J connectivity index is 0.959. The minimum Gasteiger partial charge on any atom is -0.462 e. The van der Waals surface area contributed by atoms with Crippen LogP contribution in [0.2, 0.25) is 5.02 Å².